The highest BCUT2D eigenvalue weighted by atomic mass is 16.6. The number of benzene rings is 2. The zero-order valence-corrected chi connectivity index (χ0v) is 17.1. The summed E-state index contributed by atoms with van der Waals surface area (Å²) in [6.45, 7) is 3.33. The summed E-state index contributed by atoms with van der Waals surface area (Å²) in [5, 5.41) is 7.12. The van der Waals surface area contributed by atoms with Gasteiger partial charge in [0.05, 0.1) is 26.5 Å². The third kappa shape index (κ3) is 5.19. The Bertz CT molecular complexity index is 869. The molecular formula is C22H27N3O4. The van der Waals surface area contributed by atoms with Gasteiger partial charge in [0.25, 0.3) is 0 Å². The Morgan fingerprint density at radius 1 is 1.21 bits per heavy atom. The maximum absolute atomic E-state index is 12.6. The molecule has 1 N–H and O–H groups in total. The number of hydrogen-bond acceptors (Lipinski definition) is 5. The SMILES string of the molecule is CCNC(=O)N(Cc1cccc(OC)c1)CC1CC(c2ccccc2OC)=NO1. The Hall–Kier alpha value is -3.22. The summed E-state index contributed by atoms with van der Waals surface area (Å²) in [5.74, 6) is 1.52. The Labute approximate surface area is 171 Å². The highest BCUT2D eigenvalue weighted by Crippen LogP contribution is 2.25. The number of hydrogen-bond donors (Lipinski definition) is 1. The lowest BCUT2D eigenvalue weighted by Gasteiger charge is -2.25. The van der Waals surface area contributed by atoms with Gasteiger partial charge in [-0.1, -0.05) is 29.4 Å². The van der Waals surface area contributed by atoms with Gasteiger partial charge in [0, 0.05) is 25.1 Å². The molecule has 0 spiro atoms. The van der Waals surface area contributed by atoms with Crippen LogP contribution in [0.5, 0.6) is 11.5 Å². The molecule has 0 bridgehead atoms. The average Bonchev–Trinajstić information content (AvgIpc) is 3.22. The van der Waals surface area contributed by atoms with Gasteiger partial charge in [-0.2, -0.15) is 0 Å². The summed E-state index contributed by atoms with van der Waals surface area (Å²) in [4.78, 5) is 20.0. The molecule has 3 rings (SSSR count). The number of amides is 2. The molecule has 7 heteroatoms. The quantitative estimate of drug-likeness (QED) is 0.741. The van der Waals surface area contributed by atoms with Crippen LogP contribution in [-0.4, -0.2) is 50.1 Å². The van der Waals surface area contributed by atoms with Gasteiger partial charge < -0.3 is 24.5 Å². The molecule has 2 amide bonds. The van der Waals surface area contributed by atoms with Crippen LogP contribution >= 0.6 is 0 Å². The van der Waals surface area contributed by atoms with E-state index in [1.54, 1.807) is 19.1 Å². The van der Waals surface area contributed by atoms with E-state index in [1.165, 1.54) is 0 Å². The topological polar surface area (TPSA) is 72.4 Å². The number of carbonyl (C=O) groups is 1. The molecule has 7 nitrogen and oxygen atoms in total. The second-order valence-corrected chi connectivity index (χ2v) is 6.74. The first-order valence-corrected chi connectivity index (χ1v) is 9.66. The molecule has 0 aliphatic carbocycles. The maximum Gasteiger partial charge on any atom is 0.317 e. The van der Waals surface area contributed by atoms with Gasteiger partial charge in [-0.25, -0.2) is 4.79 Å². The number of nitrogens with zero attached hydrogens (tertiary/aromatic N) is 2. The van der Waals surface area contributed by atoms with Crippen LogP contribution in [0.25, 0.3) is 0 Å². The molecule has 1 heterocycles. The second kappa shape index (κ2) is 9.82. The Kier molecular flexibility index (Phi) is 6.94. The summed E-state index contributed by atoms with van der Waals surface area (Å²) < 4.78 is 10.7. The number of rotatable bonds is 8. The maximum atomic E-state index is 12.6. The van der Waals surface area contributed by atoms with Crippen LogP contribution in [0.15, 0.2) is 53.7 Å². The van der Waals surface area contributed by atoms with Gasteiger partial charge in [-0.15, -0.1) is 0 Å². The van der Waals surface area contributed by atoms with Crippen molar-refractivity contribution in [1.82, 2.24) is 10.2 Å². The molecule has 2 aromatic carbocycles. The van der Waals surface area contributed by atoms with Crippen LogP contribution < -0.4 is 14.8 Å². The van der Waals surface area contributed by atoms with E-state index in [4.69, 9.17) is 14.3 Å². The second-order valence-electron chi connectivity index (χ2n) is 6.74. The van der Waals surface area contributed by atoms with Crippen molar-refractivity contribution in [2.24, 2.45) is 5.16 Å². The summed E-state index contributed by atoms with van der Waals surface area (Å²) in [7, 11) is 3.27. The molecule has 0 aromatic heterocycles. The highest BCUT2D eigenvalue weighted by Gasteiger charge is 2.28. The average molecular weight is 397 g/mol. The first kappa shape index (κ1) is 20.5. The number of oxime groups is 1. The number of urea groups is 1. The predicted octanol–water partition coefficient (Wildman–Crippen LogP) is 3.43. The van der Waals surface area contributed by atoms with Gasteiger partial charge in [-0.3, -0.25) is 0 Å². The molecule has 1 unspecified atom stereocenters. The van der Waals surface area contributed by atoms with E-state index in [0.29, 0.717) is 26.1 Å². The molecule has 0 saturated heterocycles. The van der Waals surface area contributed by atoms with E-state index >= 15 is 0 Å². The lowest BCUT2D eigenvalue weighted by atomic mass is 10.0. The van der Waals surface area contributed by atoms with E-state index in [-0.39, 0.29) is 12.1 Å². The first-order valence-electron chi connectivity index (χ1n) is 9.66. The van der Waals surface area contributed by atoms with Crippen LogP contribution in [0, 0.1) is 0 Å². The summed E-state index contributed by atoms with van der Waals surface area (Å²) in [5.41, 5.74) is 2.72. The molecule has 1 aliphatic heterocycles. The fourth-order valence-corrected chi connectivity index (χ4v) is 3.29. The van der Waals surface area contributed by atoms with Crippen molar-refractivity contribution < 1.29 is 19.1 Å². The minimum absolute atomic E-state index is 0.135. The lowest BCUT2D eigenvalue weighted by Crippen LogP contribution is -2.43. The fraction of sp³-hybridized carbons (Fsp3) is 0.364. The standard InChI is InChI=1S/C22H27N3O4/c1-4-23-22(26)25(14-16-8-7-9-17(12-16)27-2)15-18-13-20(24-29-18)19-10-5-6-11-21(19)28-3/h5-12,18H,4,13-15H2,1-3H3,(H,23,26). The smallest absolute Gasteiger partial charge is 0.317 e. The molecule has 0 radical (unpaired) electrons. The Morgan fingerprint density at radius 3 is 2.79 bits per heavy atom. The van der Waals surface area contributed by atoms with Crippen molar-refractivity contribution in [1.29, 1.82) is 0 Å². The molecule has 1 aliphatic rings. The van der Waals surface area contributed by atoms with E-state index in [1.807, 2.05) is 55.5 Å². The van der Waals surface area contributed by atoms with Crippen molar-refractivity contribution in [2.45, 2.75) is 26.0 Å². The molecule has 0 fully saturated rings. The van der Waals surface area contributed by atoms with Gasteiger partial charge >= 0.3 is 6.03 Å². The molecule has 29 heavy (non-hydrogen) atoms. The van der Waals surface area contributed by atoms with Gasteiger partial charge in [-0.05, 0) is 36.8 Å². The normalized spacial score (nSPS) is 15.3. The monoisotopic (exact) mass is 397 g/mol. The van der Waals surface area contributed by atoms with Crippen molar-refractivity contribution in [3.05, 3.63) is 59.7 Å². The van der Waals surface area contributed by atoms with Crippen LogP contribution in [0.1, 0.15) is 24.5 Å². The van der Waals surface area contributed by atoms with E-state index < -0.39 is 0 Å². The molecule has 1 atom stereocenters. The third-order valence-corrected chi connectivity index (χ3v) is 4.70. The van der Waals surface area contributed by atoms with Crippen molar-refractivity contribution in [2.75, 3.05) is 27.3 Å². The molecule has 0 saturated carbocycles. The fourth-order valence-electron chi connectivity index (χ4n) is 3.29. The van der Waals surface area contributed by atoms with E-state index in [0.717, 1.165) is 28.3 Å². The Morgan fingerprint density at radius 2 is 2.03 bits per heavy atom. The van der Waals surface area contributed by atoms with Gasteiger partial charge in [0.1, 0.15) is 11.5 Å². The van der Waals surface area contributed by atoms with Crippen LogP contribution in [0.2, 0.25) is 0 Å². The van der Waals surface area contributed by atoms with Gasteiger partial charge in [0.15, 0.2) is 6.10 Å². The Balaban J connectivity index is 1.69. The summed E-state index contributed by atoms with van der Waals surface area (Å²) in [6.07, 6.45) is 0.386. The van der Waals surface area contributed by atoms with Crippen LogP contribution in [0.4, 0.5) is 4.79 Å². The zero-order valence-electron chi connectivity index (χ0n) is 17.1. The van der Waals surface area contributed by atoms with Crippen molar-refractivity contribution in [3.8, 4) is 11.5 Å². The molecule has 2 aromatic rings. The van der Waals surface area contributed by atoms with E-state index in [9.17, 15) is 4.79 Å². The van der Waals surface area contributed by atoms with Crippen molar-refractivity contribution >= 4 is 11.7 Å². The number of nitrogens with one attached hydrogen (secondary N) is 1. The van der Waals surface area contributed by atoms with E-state index in [2.05, 4.69) is 10.5 Å². The number of carbonyl (C=O) groups excluding carboxylic acids is 1. The zero-order chi connectivity index (χ0) is 20.6. The summed E-state index contributed by atoms with van der Waals surface area (Å²) in [6, 6.07) is 15.3. The van der Waals surface area contributed by atoms with Crippen LogP contribution in [-0.2, 0) is 11.4 Å². The molecule has 154 valence electrons. The van der Waals surface area contributed by atoms with Gasteiger partial charge in [0.2, 0.25) is 0 Å². The third-order valence-electron chi connectivity index (χ3n) is 4.70. The first-order chi connectivity index (χ1) is 14.1. The van der Waals surface area contributed by atoms with Crippen LogP contribution in [0.3, 0.4) is 0 Å². The number of para-hydroxylation sites is 1. The van der Waals surface area contributed by atoms with Crippen molar-refractivity contribution in [3.63, 3.8) is 0 Å². The largest absolute Gasteiger partial charge is 0.497 e. The number of ether oxygens (including phenoxy) is 2. The highest BCUT2D eigenvalue weighted by molar-refractivity contribution is 6.03. The minimum atomic E-state index is -0.219. The number of methoxy groups -OCH3 is 2. The minimum Gasteiger partial charge on any atom is -0.497 e. The predicted molar refractivity (Wildman–Crippen MR) is 111 cm³/mol. The molecular weight excluding hydrogens is 370 g/mol. The lowest BCUT2D eigenvalue weighted by molar-refractivity contribution is 0.0590. The summed E-state index contributed by atoms with van der Waals surface area (Å²) >= 11 is 0.